The van der Waals surface area contributed by atoms with Crippen molar-refractivity contribution in [2.24, 2.45) is 0 Å². The van der Waals surface area contributed by atoms with Crippen molar-refractivity contribution in [1.82, 2.24) is 9.80 Å². The number of rotatable bonds is 7. The Bertz CT molecular complexity index is 1010. The van der Waals surface area contributed by atoms with Gasteiger partial charge in [0.25, 0.3) is 0 Å². The Kier molecular flexibility index (Phi) is 6.75. The lowest BCUT2D eigenvalue weighted by atomic mass is 9.98. The van der Waals surface area contributed by atoms with Crippen molar-refractivity contribution >= 4 is 23.3 Å². The lowest BCUT2D eigenvalue weighted by Crippen LogP contribution is -2.36. The zero-order chi connectivity index (χ0) is 22.5. The number of fused-ring (bicyclic) bond motifs is 1. The van der Waals surface area contributed by atoms with E-state index in [9.17, 15) is 14.7 Å². The second-order valence-electron chi connectivity index (χ2n) is 8.38. The fourth-order valence-electron chi connectivity index (χ4n) is 4.24. The van der Waals surface area contributed by atoms with Gasteiger partial charge in [0.05, 0.1) is 0 Å². The third-order valence-corrected chi connectivity index (χ3v) is 6.04. The lowest BCUT2D eigenvalue weighted by Gasteiger charge is -2.26. The maximum Gasteiger partial charge on any atom is 0.408 e. The Balaban J connectivity index is 1.40. The molecule has 2 aromatic carbocycles. The Labute approximate surface area is 188 Å². The summed E-state index contributed by atoms with van der Waals surface area (Å²) in [6.07, 6.45) is 1.39. The van der Waals surface area contributed by atoms with Crippen molar-refractivity contribution in [3.63, 3.8) is 0 Å². The number of nitrogens with zero attached hydrogens (tertiary/aromatic N) is 2. The van der Waals surface area contributed by atoms with E-state index in [0.29, 0.717) is 12.3 Å². The first-order chi connectivity index (χ1) is 15.5. The van der Waals surface area contributed by atoms with Crippen molar-refractivity contribution < 1.29 is 19.4 Å². The number of carboxylic acid groups (broad SMARTS) is 1. The number of benzene rings is 2. The van der Waals surface area contributed by atoms with Crippen LogP contribution in [0.2, 0.25) is 0 Å². The van der Waals surface area contributed by atoms with Gasteiger partial charge < -0.3 is 15.2 Å². The smallest absolute Gasteiger partial charge is 0.408 e. The second kappa shape index (κ2) is 9.87. The molecule has 0 saturated carbocycles. The minimum atomic E-state index is -1.14. The molecule has 0 bridgehead atoms. The average Bonchev–Trinajstić information content (AvgIpc) is 3.29. The van der Waals surface area contributed by atoms with Gasteiger partial charge in [-0.3, -0.25) is 14.6 Å². The molecule has 2 aliphatic rings. The third kappa shape index (κ3) is 5.29. The molecule has 2 N–H and O–H groups in total. The van der Waals surface area contributed by atoms with Gasteiger partial charge in [0, 0.05) is 30.4 Å². The molecule has 7 nitrogen and oxygen atoms in total. The first-order valence-electron chi connectivity index (χ1n) is 11.0. The number of anilines is 1. The standard InChI is InChI=1S/C25H29N3O4/c1-18-20(15-27-11-5-6-12-27)17-32-23-13-21(9-10-22(18)23)26-24(29)16-28(25(30)31)14-19-7-3-2-4-8-19/h2-4,7-10,13H,5-6,11-12,14-17H2,1H3,(H,26,29)(H,30,31). The van der Waals surface area contributed by atoms with Crippen molar-refractivity contribution in [1.29, 1.82) is 0 Å². The number of allylic oxidation sites excluding steroid dienone is 1. The minimum Gasteiger partial charge on any atom is -0.488 e. The second-order valence-corrected chi connectivity index (χ2v) is 8.38. The zero-order valence-electron chi connectivity index (χ0n) is 18.3. The number of likely N-dealkylation sites (tertiary alicyclic amines) is 1. The van der Waals surface area contributed by atoms with Crippen molar-refractivity contribution in [3.8, 4) is 5.75 Å². The molecule has 0 spiro atoms. The van der Waals surface area contributed by atoms with E-state index in [1.807, 2.05) is 48.5 Å². The fraction of sp³-hybridized carbons (Fsp3) is 0.360. The summed E-state index contributed by atoms with van der Waals surface area (Å²) in [7, 11) is 0. The Hall–Kier alpha value is -3.32. The topological polar surface area (TPSA) is 82.1 Å². The summed E-state index contributed by atoms with van der Waals surface area (Å²) in [5.41, 5.74) is 5.00. The van der Waals surface area contributed by atoms with Crippen LogP contribution < -0.4 is 10.1 Å². The Morgan fingerprint density at radius 3 is 2.59 bits per heavy atom. The number of amides is 2. The number of carbonyl (C=O) groups is 2. The molecule has 0 radical (unpaired) electrons. The Morgan fingerprint density at radius 1 is 1.12 bits per heavy atom. The number of carbonyl (C=O) groups excluding carboxylic acids is 1. The van der Waals surface area contributed by atoms with Crippen molar-refractivity contribution in [2.75, 3.05) is 38.1 Å². The van der Waals surface area contributed by atoms with E-state index in [-0.39, 0.29) is 19.0 Å². The van der Waals surface area contributed by atoms with Gasteiger partial charge in [-0.15, -0.1) is 0 Å². The van der Waals surface area contributed by atoms with Gasteiger partial charge in [-0.05, 0) is 61.7 Å². The molecule has 7 heteroatoms. The van der Waals surface area contributed by atoms with Crippen LogP contribution in [-0.4, -0.2) is 59.7 Å². The highest BCUT2D eigenvalue weighted by Crippen LogP contribution is 2.35. The van der Waals surface area contributed by atoms with Crippen LogP contribution in [0.4, 0.5) is 10.5 Å². The lowest BCUT2D eigenvalue weighted by molar-refractivity contribution is -0.117. The van der Waals surface area contributed by atoms with Crippen LogP contribution in [0.1, 0.15) is 30.9 Å². The molecule has 168 valence electrons. The quantitative estimate of drug-likeness (QED) is 0.685. The van der Waals surface area contributed by atoms with Crippen LogP contribution in [0.3, 0.4) is 0 Å². The van der Waals surface area contributed by atoms with Gasteiger partial charge in [0.1, 0.15) is 18.9 Å². The first kappa shape index (κ1) is 21.9. The van der Waals surface area contributed by atoms with E-state index < -0.39 is 6.09 Å². The van der Waals surface area contributed by atoms with E-state index in [4.69, 9.17) is 4.74 Å². The van der Waals surface area contributed by atoms with Crippen molar-refractivity contribution in [2.45, 2.75) is 26.3 Å². The first-order valence-corrected chi connectivity index (χ1v) is 11.0. The molecule has 0 aliphatic carbocycles. The fourth-order valence-corrected chi connectivity index (χ4v) is 4.24. The molecular weight excluding hydrogens is 406 g/mol. The van der Waals surface area contributed by atoms with E-state index in [2.05, 4.69) is 17.1 Å². The van der Waals surface area contributed by atoms with Gasteiger partial charge in [-0.2, -0.15) is 0 Å². The predicted molar refractivity (Wildman–Crippen MR) is 124 cm³/mol. The summed E-state index contributed by atoms with van der Waals surface area (Å²) >= 11 is 0. The molecule has 2 amide bonds. The van der Waals surface area contributed by atoms with E-state index in [1.165, 1.54) is 24.0 Å². The molecule has 1 fully saturated rings. The van der Waals surface area contributed by atoms with E-state index >= 15 is 0 Å². The number of nitrogens with one attached hydrogen (secondary N) is 1. The van der Waals surface area contributed by atoms with Crippen LogP contribution in [0.15, 0.2) is 54.1 Å². The molecule has 0 unspecified atom stereocenters. The molecule has 32 heavy (non-hydrogen) atoms. The minimum absolute atomic E-state index is 0.153. The normalized spacial score (nSPS) is 15.8. The van der Waals surface area contributed by atoms with Crippen molar-refractivity contribution in [3.05, 3.63) is 65.2 Å². The van der Waals surface area contributed by atoms with E-state index in [0.717, 1.165) is 41.4 Å². The largest absolute Gasteiger partial charge is 0.488 e. The highest BCUT2D eigenvalue weighted by molar-refractivity contribution is 5.94. The van der Waals surface area contributed by atoms with Gasteiger partial charge in [0.15, 0.2) is 0 Å². The maximum atomic E-state index is 12.5. The third-order valence-electron chi connectivity index (χ3n) is 6.04. The summed E-state index contributed by atoms with van der Waals surface area (Å²) in [6.45, 7) is 5.81. The monoisotopic (exact) mass is 435 g/mol. The SMILES string of the molecule is CC1=C(CN2CCCC2)COc2cc(NC(=O)CN(Cc3ccccc3)C(=O)O)ccc21. The predicted octanol–water partition coefficient (Wildman–Crippen LogP) is 4.07. The Morgan fingerprint density at radius 2 is 1.88 bits per heavy atom. The maximum absolute atomic E-state index is 12.5. The molecule has 1 saturated heterocycles. The highest BCUT2D eigenvalue weighted by atomic mass is 16.5. The van der Waals surface area contributed by atoms with Crippen LogP contribution >= 0.6 is 0 Å². The number of hydrogen-bond acceptors (Lipinski definition) is 4. The molecule has 2 heterocycles. The molecule has 0 atom stereocenters. The molecule has 0 aromatic heterocycles. The average molecular weight is 436 g/mol. The summed E-state index contributed by atoms with van der Waals surface area (Å²) in [6, 6.07) is 14.8. The highest BCUT2D eigenvalue weighted by Gasteiger charge is 2.22. The molecule has 2 aromatic rings. The summed E-state index contributed by atoms with van der Waals surface area (Å²) in [4.78, 5) is 27.7. The number of hydrogen-bond donors (Lipinski definition) is 2. The van der Waals surface area contributed by atoms with Crippen LogP contribution in [0.5, 0.6) is 5.75 Å². The van der Waals surface area contributed by atoms with Gasteiger partial charge in [0.2, 0.25) is 5.91 Å². The molecular formula is C25H29N3O4. The molecule has 4 rings (SSSR count). The summed E-state index contributed by atoms with van der Waals surface area (Å²) in [5.74, 6) is 0.353. The van der Waals surface area contributed by atoms with Gasteiger partial charge >= 0.3 is 6.09 Å². The van der Waals surface area contributed by atoms with Gasteiger partial charge in [-0.25, -0.2) is 4.79 Å². The summed E-state index contributed by atoms with van der Waals surface area (Å²) in [5, 5.41) is 12.3. The van der Waals surface area contributed by atoms with E-state index in [1.54, 1.807) is 0 Å². The zero-order valence-corrected chi connectivity index (χ0v) is 18.3. The number of ether oxygens (including phenoxy) is 1. The van der Waals surface area contributed by atoms with Gasteiger partial charge in [-0.1, -0.05) is 30.3 Å². The summed E-state index contributed by atoms with van der Waals surface area (Å²) < 4.78 is 6.00. The van der Waals surface area contributed by atoms with Crippen LogP contribution in [0, 0.1) is 0 Å². The molecule has 2 aliphatic heterocycles. The van der Waals surface area contributed by atoms with Crippen LogP contribution in [0.25, 0.3) is 5.57 Å². The van der Waals surface area contributed by atoms with Crippen LogP contribution in [-0.2, 0) is 11.3 Å².